The summed E-state index contributed by atoms with van der Waals surface area (Å²) in [5.41, 5.74) is 0.797. The van der Waals surface area contributed by atoms with Gasteiger partial charge in [0, 0.05) is 23.6 Å². The van der Waals surface area contributed by atoms with Gasteiger partial charge in [-0.2, -0.15) is 0 Å². The molecule has 25 heavy (non-hydrogen) atoms. The third-order valence-corrected chi connectivity index (χ3v) is 3.80. The lowest BCUT2D eigenvalue weighted by molar-refractivity contribution is -0.385. The van der Waals surface area contributed by atoms with Gasteiger partial charge in [0.1, 0.15) is 6.20 Å². The number of esters is 1. The summed E-state index contributed by atoms with van der Waals surface area (Å²) in [5, 5.41) is 10.6. The number of ketones is 1. The highest BCUT2D eigenvalue weighted by molar-refractivity contribution is 5.99. The molecule has 2 aromatic rings. The fourth-order valence-corrected chi connectivity index (χ4v) is 2.34. The molecule has 0 amide bonds. The Morgan fingerprint density at radius 3 is 2.28 bits per heavy atom. The third kappa shape index (κ3) is 4.26. The predicted octanol–water partition coefficient (Wildman–Crippen LogP) is 3.43. The summed E-state index contributed by atoms with van der Waals surface area (Å²) in [6.45, 7) is 3.32. The van der Waals surface area contributed by atoms with Crippen LogP contribution in [-0.2, 0) is 9.53 Å². The fourth-order valence-electron chi connectivity index (χ4n) is 2.34. The highest BCUT2D eigenvalue weighted by Gasteiger charge is 2.31. The van der Waals surface area contributed by atoms with E-state index in [2.05, 4.69) is 4.98 Å². The lowest BCUT2D eigenvalue weighted by Crippen LogP contribution is -2.28. The molecule has 0 bridgehead atoms. The van der Waals surface area contributed by atoms with E-state index in [1.54, 1.807) is 44.2 Å². The maximum Gasteiger partial charge on any atom is 0.311 e. The molecule has 130 valence electrons. The molecule has 2 rings (SSSR count). The zero-order valence-corrected chi connectivity index (χ0v) is 14.2. The van der Waals surface area contributed by atoms with E-state index in [1.165, 1.54) is 19.4 Å². The van der Waals surface area contributed by atoms with E-state index in [0.717, 1.165) is 5.56 Å². The Bertz CT molecular complexity index is 795. The molecule has 7 nitrogen and oxygen atoms in total. The van der Waals surface area contributed by atoms with Crippen LogP contribution >= 0.6 is 0 Å². The molecule has 0 spiro atoms. The third-order valence-electron chi connectivity index (χ3n) is 3.80. The molecule has 0 aliphatic rings. The Hall–Kier alpha value is -3.09. The molecule has 7 heteroatoms. The first-order valence-corrected chi connectivity index (χ1v) is 7.57. The SMILES string of the molecule is COC(=O)C(C)(C)CC(=O)c1ccc(-c2ccc([N+](=O)[O-])cn2)cc1. The second-order valence-corrected chi connectivity index (χ2v) is 6.21. The maximum absolute atomic E-state index is 12.3. The summed E-state index contributed by atoms with van der Waals surface area (Å²) < 4.78 is 4.71. The predicted molar refractivity (Wildman–Crippen MR) is 91.1 cm³/mol. The van der Waals surface area contributed by atoms with Crippen molar-refractivity contribution in [2.24, 2.45) is 5.41 Å². The summed E-state index contributed by atoms with van der Waals surface area (Å²) in [7, 11) is 1.29. The first kappa shape index (κ1) is 18.3. The van der Waals surface area contributed by atoms with Crippen LogP contribution < -0.4 is 0 Å². The van der Waals surface area contributed by atoms with Gasteiger partial charge >= 0.3 is 5.97 Å². The lowest BCUT2D eigenvalue weighted by atomic mass is 9.85. The lowest BCUT2D eigenvalue weighted by Gasteiger charge is -2.20. The molecule has 0 radical (unpaired) electrons. The number of hydrogen-bond acceptors (Lipinski definition) is 6. The summed E-state index contributed by atoms with van der Waals surface area (Å²) in [6, 6.07) is 9.65. The minimum atomic E-state index is -0.898. The number of carbonyl (C=O) groups excluding carboxylic acids is 2. The number of rotatable bonds is 6. The van der Waals surface area contributed by atoms with Crippen molar-refractivity contribution in [3.63, 3.8) is 0 Å². The standard InChI is InChI=1S/C18H18N2O5/c1-18(2,17(22)25-3)10-16(21)13-6-4-12(5-7-13)15-9-8-14(11-19-15)20(23)24/h4-9,11H,10H2,1-3H3. The van der Waals surface area contributed by atoms with Gasteiger partial charge in [0.15, 0.2) is 5.78 Å². The van der Waals surface area contributed by atoms with E-state index >= 15 is 0 Å². The highest BCUT2D eigenvalue weighted by atomic mass is 16.6. The number of nitro groups is 1. The molecule has 0 saturated carbocycles. The molecule has 0 unspecified atom stereocenters. The number of aromatic nitrogens is 1. The summed E-state index contributed by atoms with van der Waals surface area (Å²) in [4.78, 5) is 38.2. The molecule has 1 heterocycles. The van der Waals surface area contributed by atoms with E-state index in [9.17, 15) is 19.7 Å². The molecule has 1 aromatic heterocycles. The van der Waals surface area contributed by atoms with Crippen LogP contribution in [0.4, 0.5) is 5.69 Å². The molecule has 0 N–H and O–H groups in total. The van der Waals surface area contributed by atoms with Crippen LogP contribution in [0.1, 0.15) is 30.6 Å². The van der Waals surface area contributed by atoms with Crippen molar-refractivity contribution >= 4 is 17.4 Å². The Morgan fingerprint density at radius 1 is 1.16 bits per heavy atom. The Morgan fingerprint density at radius 2 is 1.80 bits per heavy atom. The number of nitrogens with zero attached hydrogens (tertiary/aromatic N) is 2. The molecular formula is C18H18N2O5. The van der Waals surface area contributed by atoms with Crippen molar-refractivity contribution in [1.29, 1.82) is 0 Å². The number of benzene rings is 1. The number of methoxy groups -OCH3 is 1. The first-order chi connectivity index (χ1) is 11.7. The van der Waals surface area contributed by atoms with Gasteiger partial charge in [-0.25, -0.2) is 4.98 Å². The van der Waals surface area contributed by atoms with Gasteiger partial charge < -0.3 is 4.74 Å². The van der Waals surface area contributed by atoms with Crippen LogP contribution in [0.3, 0.4) is 0 Å². The second kappa shape index (κ2) is 7.21. The zero-order chi connectivity index (χ0) is 18.6. The molecular weight excluding hydrogens is 324 g/mol. The smallest absolute Gasteiger partial charge is 0.311 e. The van der Waals surface area contributed by atoms with Crippen molar-refractivity contribution in [3.8, 4) is 11.3 Å². The molecule has 0 atom stereocenters. The highest BCUT2D eigenvalue weighted by Crippen LogP contribution is 2.26. The quantitative estimate of drug-likeness (QED) is 0.345. The van der Waals surface area contributed by atoms with Crippen LogP contribution in [0.2, 0.25) is 0 Å². The van der Waals surface area contributed by atoms with Gasteiger partial charge in [0.25, 0.3) is 5.69 Å². The van der Waals surface area contributed by atoms with Crippen molar-refractivity contribution in [3.05, 3.63) is 58.3 Å². The molecule has 0 fully saturated rings. The summed E-state index contributed by atoms with van der Waals surface area (Å²) in [5.74, 6) is -0.605. The number of carbonyl (C=O) groups is 2. The van der Waals surface area contributed by atoms with Crippen molar-refractivity contribution in [1.82, 2.24) is 4.98 Å². The summed E-state index contributed by atoms with van der Waals surface area (Å²) >= 11 is 0. The van der Waals surface area contributed by atoms with Gasteiger partial charge in [-0.15, -0.1) is 0 Å². The number of Topliss-reactive ketones (excluding diaryl/α,β-unsaturated/α-hetero) is 1. The summed E-state index contributed by atoms with van der Waals surface area (Å²) in [6.07, 6.45) is 1.22. The van der Waals surface area contributed by atoms with Crippen molar-refractivity contribution in [2.45, 2.75) is 20.3 Å². The van der Waals surface area contributed by atoms with Crippen LogP contribution in [0.15, 0.2) is 42.6 Å². The van der Waals surface area contributed by atoms with Crippen LogP contribution in [0.5, 0.6) is 0 Å². The van der Waals surface area contributed by atoms with Crippen LogP contribution in [-0.4, -0.2) is 28.8 Å². The molecule has 0 aliphatic carbocycles. The molecule has 0 saturated heterocycles. The maximum atomic E-state index is 12.3. The topological polar surface area (TPSA) is 99.4 Å². The fraction of sp³-hybridized carbons (Fsp3) is 0.278. The van der Waals surface area contributed by atoms with E-state index in [1.807, 2.05) is 0 Å². The normalized spacial score (nSPS) is 11.0. The molecule has 0 aliphatic heterocycles. The van der Waals surface area contributed by atoms with Gasteiger partial charge in [-0.3, -0.25) is 19.7 Å². The van der Waals surface area contributed by atoms with Crippen LogP contribution in [0, 0.1) is 15.5 Å². The van der Waals surface area contributed by atoms with Gasteiger partial charge in [0.2, 0.25) is 0 Å². The van der Waals surface area contributed by atoms with Gasteiger partial charge in [-0.05, 0) is 19.9 Å². The van der Waals surface area contributed by atoms with Crippen LogP contribution in [0.25, 0.3) is 11.3 Å². The minimum Gasteiger partial charge on any atom is -0.469 e. The number of hydrogen-bond donors (Lipinski definition) is 0. The first-order valence-electron chi connectivity index (χ1n) is 7.57. The largest absolute Gasteiger partial charge is 0.469 e. The number of ether oxygens (including phenoxy) is 1. The average Bonchev–Trinajstić information content (AvgIpc) is 2.60. The van der Waals surface area contributed by atoms with E-state index < -0.39 is 16.3 Å². The Balaban J connectivity index is 2.15. The minimum absolute atomic E-state index is 0.0365. The van der Waals surface area contributed by atoms with E-state index in [-0.39, 0.29) is 17.9 Å². The van der Waals surface area contributed by atoms with Crippen molar-refractivity contribution in [2.75, 3.05) is 7.11 Å². The van der Waals surface area contributed by atoms with E-state index in [4.69, 9.17) is 4.74 Å². The molecule has 1 aromatic carbocycles. The van der Waals surface area contributed by atoms with Gasteiger partial charge in [0.05, 0.1) is 23.1 Å². The monoisotopic (exact) mass is 342 g/mol. The van der Waals surface area contributed by atoms with Crippen molar-refractivity contribution < 1.29 is 19.2 Å². The average molecular weight is 342 g/mol. The number of pyridine rings is 1. The van der Waals surface area contributed by atoms with E-state index in [0.29, 0.717) is 11.3 Å². The Labute approximate surface area is 144 Å². The van der Waals surface area contributed by atoms with Gasteiger partial charge in [-0.1, -0.05) is 24.3 Å². The second-order valence-electron chi connectivity index (χ2n) is 6.21. The Kier molecular flexibility index (Phi) is 5.26. The zero-order valence-electron chi connectivity index (χ0n) is 14.2.